The third kappa shape index (κ3) is 7.49. The SMILES string of the molecule is C=CC(=O)OCCCCCO[Si]. The van der Waals surface area contributed by atoms with E-state index in [9.17, 15) is 4.79 Å². The minimum Gasteiger partial charge on any atom is -0.463 e. The summed E-state index contributed by atoms with van der Waals surface area (Å²) >= 11 is 0. The lowest BCUT2D eigenvalue weighted by Gasteiger charge is -2.01. The van der Waals surface area contributed by atoms with Gasteiger partial charge in [-0.15, -0.1) is 0 Å². The molecule has 0 aliphatic carbocycles. The van der Waals surface area contributed by atoms with Crippen LogP contribution in [0.3, 0.4) is 0 Å². The lowest BCUT2D eigenvalue weighted by molar-refractivity contribution is -0.137. The minimum absolute atomic E-state index is 0.355. The van der Waals surface area contributed by atoms with Gasteiger partial charge in [-0.1, -0.05) is 6.58 Å². The van der Waals surface area contributed by atoms with Gasteiger partial charge in [-0.3, -0.25) is 0 Å². The van der Waals surface area contributed by atoms with E-state index < -0.39 is 0 Å². The Hall–Kier alpha value is -0.613. The molecule has 0 aromatic rings. The fourth-order valence-corrected chi connectivity index (χ4v) is 0.829. The van der Waals surface area contributed by atoms with Crippen molar-refractivity contribution < 1.29 is 14.0 Å². The van der Waals surface area contributed by atoms with Crippen LogP contribution in [0.15, 0.2) is 12.7 Å². The number of esters is 1. The molecule has 67 valence electrons. The van der Waals surface area contributed by atoms with Crippen molar-refractivity contribution in [2.45, 2.75) is 19.3 Å². The molecule has 0 spiro atoms. The first-order chi connectivity index (χ1) is 5.81. The maximum Gasteiger partial charge on any atom is 0.330 e. The highest BCUT2D eigenvalue weighted by Gasteiger charge is 1.94. The van der Waals surface area contributed by atoms with Gasteiger partial charge in [0.15, 0.2) is 0 Å². The van der Waals surface area contributed by atoms with Crippen molar-refractivity contribution in [2.24, 2.45) is 0 Å². The van der Waals surface area contributed by atoms with Gasteiger partial charge in [0.1, 0.15) is 0 Å². The highest BCUT2D eigenvalue weighted by molar-refractivity contribution is 5.97. The molecule has 0 saturated heterocycles. The molecule has 0 aliphatic rings. The Morgan fingerprint density at radius 1 is 1.33 bits per heavy atom. The quantitative estimate of drug-likeness (QED) is 0.257. The summed E-state index contributed by atoms with van der Waals surface area (Å²) in [6.07, 6.45) is 4.00. The summed E-state index contributed by atoms with van der Waals surface area (Å²) in [6, 6.07) is 0. The largest absolute Gasteiger partial charge is 0.463 e. The molecular weight excluding hydrogens is 172 g/mol. The van der Waals surface area contributed by atoms with Crippen molar-refractivity contribution in [2.75, 3.05) is 13.2 Å². The molecule has 0 N–H and O–H groups in total. The highest BCUT2D eigenvalue weighted by atomic mass is 28.2. The molecule has 0 aromatic carbocycles. The Labute approximate surface area is 76.3 Å². The third-order valence-electron chi connectivity index (χ3n) is 1.30. The molecule has 0 fully saturated rings. The van der Waals surface area contributed by atoms with Gasteiger partial charge in [0.25, 0.3) is 0 Å². The molecule has 0 saturated carbocycles. The van der Waals surface area contributed by atoms with Gasteiger partial charge in [-0.2, -0.15) is 0 Å². The van der Waals surface area contributed by atoms with E-state index in [0.717, 1.165) is 19.3 Å². The first-order valence-corrected chi connectivity index (χ1v) is 4.29. The van der Waals surface area contributed by atoms with Crippen molar-refractivity contribution >= 4 is 16.5 Å². The Morgan fingerprint density at radius 3 is 2.58 bits per heavy atom. The van der Waals surface area contributed by atoms with Crippen molar-refractivity contribution in [3.05, 3.63) is 12.7 Å². The van der Waals surface area contributed by atoms with E-state index in [1.807, 2.05) is 0 Å². The number of hydrogen-bond acceptors (Lipinski definition) is 3. The number of hydrogen-bond donors (Lipinski definition) is 0. The van der Waals surface area contributed by atoms with Crippen LogP contribution in [-0.4, -0.2) is 29.7 Å². The third-order valence-corrected chi connectivity index (χ3v) is 1.51. The van der Waals surface area contributed by atoms with Crippen LogP contribution in [0.2, 0.25) is 0 Å². The maximum absolute atomic E-state index is 10.5. The van der Waals surface area contributed by atoms with Crippen LogP contribution >= 0.6 is 0 Å². The van der Waals surface area contributed by atoms with Gasteiger partial charge in [0, 0.05) is 12.7 Å². The summed E-state index contributed by atoms with van der Waals surface area (Å²) in [5.41, 5.74) is 0. The lowest BCUT2D eigenvalue weighted by atomic mass is 10.2. The van der Waals surface area contributed by atoms with Crippen LogP contribution < -0.4 is 0 Å². The van der Waals surface area contributed by atoms with Gasteiger partial charge in [0.05, 0.1) is 6.61 Å². The summed E-state index contributed by atoms with van der Waals surface area (Å²) in [7, 11) is 2.90. The van der Waals surface area contributed by atoms with Gasteiger partial charge in [-0.25, -0.2) is 4.79 Å². The predicted octanol–water partition coefficient (Wildman–Crippen LogP) is 0.986. The zero-order chi connectivity index (χ0) is 9.23. The Morgan fingerprint density at radius 2 is 2.00 bits per heavy atom. The second-order valence-corrected chi connectivity index (χ2v) is 2.57. The van der Waals surface area contributed by atoms with E-state index in [1.54, 1.807) is 0 Å². The Bertz CT molecular complexity index is 136. The monoisotopic (exact) mass is 185 g/mol. The fraction of sp³-hybridized carbons (Fsp3) is 0.625. The molecule has 0 aromatic heterocycles. The molecule has 0 heterocycles. The number of ether oxygens (including phenoxy) is 1. The molecule has 12 heavy (non-hydrogen) atoms. The highest BCUT2D eigenvalue weighted by Crippen LogP contribution is 1.95. The lowest BCUT2D eigenvalue weighted by Crippen LogP contribution is -2.02. The Kier molecular flexibility index (Phi) is 8.05. The van der Waals surface area contributed by atoms with Crippen LogP contribution in [-0.2, 0) is 14.0 Å². The maximum atomic E-state index is 10.5. The van der Waals surface area contributed by atoms with E-state index in [4.69, 9.17) is 4.74 Å². The predicted molar refractivity (Wildman–Crippen MR) is 46.7 cm³/mol. The Balaban J connectivity index is 3.00. The second-order valence-electron chi connectivity index (χ2n) is 2.28. The summed E-state index contributed by atoms with van der Waals surface area (Å²) < 4.78 is 9.43. The molecule has 3 nitrogen and oxygen atoms in total. The van der Waals surface area contributed by atoms with E-state index in [-0.39, 0.29) is 5.97 Å². The van der Waals surface area contributed by atoms with Gasteiger partial charge in [0.2, 0.25) is 10.5 Å². The van der Waals surface area contributed by atoms with Crippen molar-refractivity contribution in [3.63, 3.8) is 0 Å². The minimum atomic E-state index is -0.355. The molecule has 0 rings (SSSR count). The van der Waals surface area contributed by atoms with Crippen LogP contribution in [0.1, 0.15) is 19.3 Å². The molecule has 0 aliphatic heterocycles. The normalized spacial score (nSPS) is 9.42. The van der Waals surface area contributed by atoms with Crippen molar-refractivity contribution in [1.82, 2.24) is 0 Å². The van der Waals surface area contributed by atoms with Crippen LogP contribution in [0.4, 0.5) is 0 Å². The molecule has 0 unspecified atom stereocenters. The summed E-state index contributed by atoms with van der Waals surface area (Å²) in [5.74, 6) is -0.355. The van der Waals surface area contributed by atoms with Crippen LogP contribution in [0, 0.1) is 0 Å². The van der Waals surface area contributed by atoms with Gasteiger partial charge in [-0.05, 0) is 19.3 Å². The molecule has 0 amide bonds. The zero-order valence-corrected chi connectivity index (χ0v) is 8.04. The smallest absolute Gasteiger partial charge is 0.330 e. The first-order valence-electron chi connectivity index (χ1n) is 3.89. The van der Waals surface area contributed by atoms with E-state index in [0.29, 0.717) is 13.2 Å². The number of rotatable bonds is 7. The average Bonchev–Trinajstić information content (AvgIpc) is 2.10. The molecule has 0 bridgehead atoms. The van der Waals surface area contributed by atoms with E-state index in [1.165, 1.54) is 6.08 Å². The molecule has 0 atom stereocenters. The summed E-state index contributed by atoms with van der Waals surface area (Å²) in [4.78, 5) is 10.5. The number of carbonyl (C=O) groups excluding carboxylic acids is 1. The van der Waals surface area contributed by atoms with Crippen LogP contribution in [0.25, 0.3) is 0 Å². The average molecular weight is 185 g/mol. The van der Waals surface area contributed by atoms with E-state index >= 15 is 0 Å². The number of unbranched alkanes of at least 4 members (excludes halogenated alkanes) is 2. The molecule has 4 heteroatoms. The topological polar surface area (TPSA) is 35.5 Å². The molecular formula is C8H13O3Si. The first kappa shape index (κ1) is 11.4. The second kappa shape index (κ2) is 8.48. The van der Waals surface area contributed by atoms with E-state index in [2.05, 4.69) is 21.5 Å². The van der Waals surface area contributed by atoms with Crippen LogP contribution in [0.5, 0.6) is 0 Å². The van der Waals surface area contributed by atoms with Crippen molar-refractivity contribution in [3.8, 4) is 0 Å². The number of carbonyl (C=O) groups is 1. The molecule has 3 radical (unpaired) electrons. The van der Waals surface area contributed by atoms with Crippen molar-refractivity contribution in [1.29, 1.82) is 0 Å². The van der Waals surface area contributed by atoms with Gasteiger partial charge < -0.3 is 9.16 Å². The summed E-state index contributed by atoms with van der Waals surface area (Å²) in [5, 5.41) is 0. The fourth-order valence-electron chi connectivity index (χ4n) is 0.685. The standard InChI is InChI=1S/C8H13O3Si/c1-2-8(9)10-6-4-3-5-7-11-12/h2H,1,3-7H2. The summed E-state index contributed by atoms with van der Waals surface area (Å²) in [6.45, 7) is 4.44. The zero-order valence-electron chi connectivity index (χ0n) is 7.04. The van der Waals surface area contributed by atoms with Gasteiger partial charge >= 0.3 is 5.97 Å².